The molecule has 0 aliphatic carbocycles. The molecule has 0 saturated heterocycles. The van der Waals surface area contributed by atoms with Crippen molar-refractivity contribution in [3.63, 3.8) is 0 Å². The number of aliphatic hydroxyl groups excluding tert-OH is 1. The zero-order valence-corrected chi connectivity index (χ0v) is 35.7. The molecule has 0 aromatic rings. The van der Waals surface area contributed by atoms with E-state index in [0.29, 0.717) is 13.2 Å². The number of unbranched alkanes of at least 4 members (excludes halogenated alkanes) is 24. The quantitative estimate of drug-likeness (QED) is 0.0499. The van der Waals surface area contributed by atoms with Crippen molar-refractivity contribution >= 4 is 11.9 Å². The molecule has 52 heavy (non-hydrogen) atoms. The third-order valence-electron chi connectivity index (χ3n) is 11.1. The van der Waals surface area contributed by atoms with Gasteiger partial charge in [-0.2, -0.15) is 0 Å². The third kappa shape index (κ3) is 34.7. The van der Waals surface area contributed by atoms with Crippen LogP contribution in [0.2, 0.25) is 0 Å². The highest BCUT2D eigenvalue weighted by molar-refractivity contribution is 5.72. The Bertz CT molecular complexity index is 647. The van der Waals surface area contributed by atoms with Crippen LogP contribution in [0, 0.1) is 11.8 Å². The maximum Gasteiger partial charge on any atom is 0.308 e. The van der Waals surface area contributed by atoms with Gasteiger partial charge in [0.15, 0.2) is 0 Å². The second kappa shape index (κ2) is 41.1. The molecule has 5 nitrogen and oxygen atoms in total. The highest BCUT2D eigenvalue weighted by atomic mass is 16.5. The van der Waals surface area contributed by atoms with Gasteiger partial charge in [0.25, 0.3) is 0 Å². The average molecular weight is 737 g/mol. The van der Waals surface area contributed by atoms with Crippen LogP contribution in [-0.2, 0) is 19.1 Å². The lowest BCUT2D eigenvalue weighted by molar-refractivity contribution is -0.150. The number of rotatable bonds is 42. The van der Waals surface area contributed by atoms with Gasteiger partial charge in [-0.05, 0) is 64.2 Å². The van der Waals surface area contributed by atoms with E-state index in [0.717, 1.165) is 103 Å². The Kier molecular flexibility index (Phi) is 40.2. The number of carbonyl (C=O) groups is 2. The molecule has 1 N–H and O–H groups in total. The Morgan fingerprint density at radius 1 is 0.346 bits per heavy atom. The minimum Gasteiger partial charge on any atom is -0.465 e. The molecule has 0 aromatic carbocycles. The van der Waals surface area contributed by atoms with Crippen LogP contribution in [0.4, 0.5) is 0 Å². The summed E-state index contributed by atoms with van der Waals surface area (Å²) in [4.78, 5) is 25.9. The van der Waals surface area contributed by atoms with Gasteiger partial charge in [-0.3, -0.25) is 9.59 Å². The van der Waals surface area contributed by atoms with E-state index in [1.54, 1.807) is 0 Å². The zero-order valence-electron chi connectivity index (χ0n) is 35.7. The van der Waals surface area contributed by atoms with Crippen LogP contribution < -0.4 is 0 Å². The van der Waals surface area contributed by atoms with Crippen LogP contribution in [0.1, 0.15) is 259 Å². The van der Waals surface area contributed by atoms with E-state index in [1.165, 1.54) is 128 Å². The molecule has 0 spiro atoms. The van der Waals surface area contributed by atoms with Gasteiger partial charge in [0.1, 0.15) is 0 Å². The number of carbonyl (C=O) groups excluding carboxylic acids is 2. The van der Waals surface area contributed by atoms with Crippen LogP contribution in [0.25, 0.3) is 0 Å². The van der Waals surface area contributed by atoms with E-state index in [9.17, 15) is 14.7 Å². The van der Waals surface area contributed by atoms with Gasteiger partial charge in [-0.15, -0.1) is 0 Å². The second-order valence-electron chi connectivity index (χ2n) is 16.3. The minimum absolute atomic E-state index is 0.0268. The molecule has 0 aliphatic heterocycles. The lowest BCUT2D eigenvalue weighted by Crippen LogP contribution is -2.19. The SMILES string of the molecule is CCCCCCCCC(CCCCCCCC)C(=O)OCCCCCC(O)CCCCCOC(=O)C(CCCCCCCC)CCCCCCCC. The topological polar surface area (TPSA) is 72.8 Å². The van der Waals surface area contributed by atoms with Gasteiger partial charge < -0.3 is 14.6 Å². The van der Waals surface area contributed by atoms with E-state index in [-0.39, 0.29) is 29.9 Å². The number of aliphatic hydroxyl groups is 1. The zero-order chi connectivity index (χ0) is 38.2. The summed E-state index contributed by atoms with van der Waals surface area (Å²) in [6, 6.07) is 0. The van der Waals surface area contributed by atoms with Crippen molar-refractivity contribution < 1.29 is 24.2 Å². The molecular formula is C47H92O5. The summed E-state index contributed by atoms with van der Waals surface area (Å²) >= 11 is 0. The maximum absolute atomic E-state index is 13.0. The fraction of sp³-hybridized carbons (Fsp3) is 0.957. The van der Waals surface area contributed by atoms with E-state index < -0.39 is 0 Å². The Balaban J connectivity index is 4.17. The Morgan fingerprint density at radius 2 is 0.577 bits per heavy atom. The molecule has 0 radical (unpaired) electrons. The molecule has 0 rings (SSSR count). The van der Waals surface area contributed by atoms with Crippen molar-refractivity contribution in [2.45, 2.75) is 265 Å². The summed E-state index contributed by atoms with van der Waals surface area (Å²) in [6.45, 7) is 10.0. The Labute approximate surface area is 325 Å². The first-order chi connectivity index (χ1) is 25.5. The van der Waals surface area contributed by atoms with E-state index in [1.807, 2.05) is 0 Å². The number of hydrogen-bond acceptors (Lipinski definition) is 5. The van der Waals surface area contributed by atoms with E-state index in [4.69, 9.17) is 9.47 Å². The van der Waals surface area contributed by atoms with Crippen molar-refractivity contribution in [2.75, 3.05) is 13.2 Å². The Hall–Kier alpha value is -1.10. The van der Waals surface area contributed by atoms with Gasteiger partial charge in [0.2, 0.25) is 0 Å². The number of hydrogen-bond donors (Lipinski definition) is 1. The van der Waals surface area contributed by atoms with Crippen molar-refractivity contribution in [1.82, 2.24) is 0 Å². The summed E-state index contributed by atoms with van der Waals surface area (Å²) in [5.41, 5.74) is 0. The summed E-state index contributed by atoms with van der Waals surface area (Å²) < 4.78 is 11.5. The van der Waals surface area contributed by atoms with Crippen molar-refractivity contribution in [3.05, 3.63) is 0 Å². The van der Waals surface area contributed by atoms with Gasteiger partial charge in [0, 0.05) is 0 Å². The van der Waals surface area contributed by atoms with Crippen LogP contribution in [-0.4, -0.2) is 36.4 Å². The molecule has 310 valence electrons. The molecule has 0 bridgehead atoms. The standard InChI is InChI=1S/C47H92O5/c1-5-9-13-17-21-27-35-43(36-28-22-18-14-10-6-2)46(49)51-41-33-25-31-39-45(48)40-32-26-34-42-52-47(50)44(37-29-23-19-15-11-7-3)38-30-24-20-16-12-8-4/h43-45,48H,5-42H2,1-4H3. The molecule has 0 atom stereocenters. The fourth-order valence-corrected chi connectivity index (χ4v) is 7.49. The molecule has 5 heteroatoms. The van der Waals surface area contributed by atoms with Crippen molar-refractivity contribution in [2.24, 2.45) is 11.8 Å². The molecular weight excluding hydrogens is 645 g/mol. The van der Waals surface area contributed by atoms with Crippen LogP contribution in [0.3, 0.4) is 0 Å². The van der Waals surface area contributed by atoms with Gasteiger partial charge in [-0.25, -0.2) is 0 Å². The highest BCUT2D eigenvalue weighted by Crippen LogP contribution is 2.23. The normalized spacial score (nSPS) is 11.7. The van der Waals surface area contributed by atoms with Crippen LogP contribution in [0.15, 0.2) is 0 Å². The summed E-state index contributed by atoms with van der Waals surface area (Å²) in [7, 11) is 0. The molecule has 0 amide bonds. The predicted octanol–water partition coefficient (Wildman–Crippen LogP) is 14.8. The smallest absolute Gasteiger partial charge is 0.308 e. The summed E-state index contributed by atoms with van der Waals surface area (Å²) in [5.74, 6) is 0.191. The van der Waals surface area contributed by atoms with Crippen LogP contribution >= 0.6 is 0 Å². The monoisotopic (exact) mass is 737 g/mol. The average Bonchev–Trinajstić information content (AvgIpc) is 3.14. The fourth-order valence-electron chi connectivity index (χ4n) is 7.49. The first-order valence-corrected chi connectivity index (χ1v) is 23.5. The molecule has 0 saturated carbocycles. The largest absolute Gasteiger partial charge is 0.465 e. The van der Waals surface area contributed by atoms with E-state index in [2.05, 4.69) is 27.7 Å². The lowest BCUT2D eigenvalue weighted by Gasteiger charge is -2.16. The van der Waals surface area contributed by atoms with Crippen molar-refractivity contribution in [3.8, 4) is 0 Å². The first-order valence-electron chi connectivity index (χ1n) is 23.5. The Morgan fingerprint density at radius 3 is 0.865 bits per heavy atom. The van der Waals surface area contributed by atoms with E-state index >= 15 is 0 Å². The summed E-state index contributed by atoms with van der Waals surface area (Å²) in [5, 5.41) is 10.5. The number of esters is 2. The molecule has 0 fully saturated rings. The minimum atomic E-state index is -0.275. The van der Waals surface area contributed by atoms with Crippen LogP contribution in [0.5, 0.6) is 0 Å². The second-order valence-corrected chi connectivity index (χ2v) is 16.3. The maximum atomic E-state index is 13.0. The molecule has 0 aromatic heterocycles. The van der Waals surface area contributed by atoms with Gasteiger partial charge >= 0.3 is 11.9 Å². The lowest BCUT2D eigenvalue weighted by atomic mass is 9.94. The van der Waals surface area contributed by atoms with Gasteiger partial charge in [0.05, 0.1) is 31.2 Å². The molecule has 0 unspecified atom stereocenters. The number of ether oxygens (including phenoxy) is 2. The highest BCUT2D eigenvalue weighted by Gasteiger charge is 2.20. The predicted molar refractivity (Wildman–Crippen MR) is 224 cm³/mol. The molecule has 0 aliphatic rings. The summed E-state index contributed by atoms with van der Waals surface area (Å²) in [6.07, 6.45) is 41.1. The first kappa shape index (κ1) is 50.9. The molecule has 0 heterocycles. The van der Waals surface area contributed by atoms with Crippen molar-refractivity contribution in [1.29, 1.82) is 0 Å². The third-order valence-corrected chi connectivity index (χ3v) is 11.1. The van der Waals surface area contributed by atoms with Gasteiger partial charge in [-0.1, -0.05) is 195 Å².